The molecule has 0 atom stereocenters. The number of carbonyl (C=O) groups excluding carboxylic acids is 1. The average molecular weight is 185 g/mol. The lowest BCUT2D eigenvalue weighted by atomic mass is 10.0. The van der Waals surface area contributed by atoms with E-state index in [-0.39, 0.29) is 0 Å². The van der Waals surface area contributed by atoms with Gasteiger partial charge in [-0.1, -0.05) is 18.2 Å². The first-order chi connectivity index (χ1) is 6.74. The highest BCUT2D eigenvalue weighted by atomic mass is 16.1. The number of aromatic nitrogens is 1. The van der Waals surface area contributed by atoms with Gasteiger partial charge in [0.15, 0.2) is 6.29 Å². The lowest BCUT2D eigenvalue weighted by molar-refractivity contribution is 0.112. The van der Waals surface area contributed by atoms with Gasteiger partial charge >= 0.3 is 0 Å². The second-order valence-corrected chi connectivity index (χ2v) is 3.37. The molecule has 2 rings (SSSR count). The van der Waals surface area contributed by atoms with Crippen molar-refractivity contribution >= 4 is 17.2 Å². The van der Waals surface area contributed by atoms with Crippen LogP contribution in [-0.2, 0) is 0 Å². The summed E-state index contributed by atoms with van der Waals surface area (Å²) in [4.78, 5) is 15.2. The van der Waals surface area contributed by atoms with E-state index in [1.807, 2.05) is 38.1 Å². The summed E-state index contributed by atoms with van der Waals surface area (Å²) in [6, 6.07) is 7.86. The van der Waals surface area contributed by atoms with Crippen LogP contribution >= 0.6 is 0 Å². The van der Waals surface area contributed by atoms with Crippen LogP contribution in [0.5, 0.6) is 0 Å². The molecule has 0 saturated carbocycles. The van der Waals surface area contributed by atoms with E-state index < -0.39 is 0 Å². The number of rotatable bonds is 1. The third-order valence-corrected chi connectivity index (χ3v) is 2.51. The smallest absolute Gasteiger partial charge is 0.152 e. The second-order valence-electron chi connectivity index (χ2n) is 3.37. The highest BCUT2D eigenvalue weighted by molar-refractivity contribution is 5.91. The Kier molecular flexibility index (Phi) is 2.04. The molecule has 2 heteroatoms. The number of aldehydes is 1. The molecule has 0 aliphatic rings. The summed E-state index contributed by atoms with van der Waals surface area (Å²) in [5.41, 5.74) is 3.48. The van der Waals surface area contributed by atoms with Crippen molar-refractivity contribution in [3.63, 3.8) is 0 Å². The summed E-state index contributed by atoms with van der Waals surface area (Å²) in [6.45, 7) is 3.82. The Morgan fingerprint density at radius 3 is 2.64 bits per heavy atom. The third-order valence-electron chi connectivity index (χ3n) is 2.51. The summed E-state index contributed by atoms with van der Waals surface area (Å²) >= 11 is 0. The van der Waals surface area contributed by atoms with Gasteiger partial charge in [0.25, 0.3) is 0 Å². The summed E-state index contributed by atoms with van der Waals surface area (Å²) in [5.74, 6) is 0. The van der Waals surface area contributed by atoms with Crippen LogP contribution in [0.4, 0.5) is 0 Å². The van der Waals surface area contributed by atoms with Gasteiger partial charge in [0.05, 0.1) is 5.52 Å². The standard InChI is InChI=1S/C12H11NO/c1-8-10-5-3-4-6-12(10)13-9(2)11(8)7-14/h3-7H,1-2H3. The van der Waals surface area contributed by atoms with Crippen molar-refractivity contribution in [1.29, 1.82) is 0 Å². The summed E-state index contributed by atoms with van der Waals surface area (Å²) in [6.07, 6.45) is 0.879. The fourth-order valence-corrected chi connectivity index (χ4v) is 1.72. The number of fused-ring (bicyclic) bond motifs is 1. The largest absolute Gasteiger partial charge is 0.298 e. The van der Waals surface area contributed by atoms with Crippen molar-refractivity contribution in [1.82, 2.24) is 4.98 Å². The summed E-state index contributed by atoms with van der Waals surface area (Å²) in [5, 5.41) is 1.06. The van der Waals surface area contributed by atoms with Crippen LogP contribution in [0.15, 0.2) is 24.3 Å². The van der Waals surface area contributed by atoms with Crippen LogP contribution in [0.2, 0.25) is 0 Å². The van der Waals surface area contributed by atoms with Crippen molar-refractivity contribution in [3.05, 3.63) is 41.1 Å². The van der Waals surface area contributed by atoms with Crippen molar-refractivity contribution in [2.45, 2.75) is 13.8 Å². The van der Waals surface area contributed by atoms with Gasteiger partial charge < -0.3 is 0 Å². The molecule has 0 N–H and O–H groups in total. The first kappa shape index (κ1) is 8.88. The Morgan fingerprint density at radius 2 is 1.93 bits per heavy atom. The topological polar surface area (TPSA) is 30.0 Å². The van der Waals surface area contributed by atoms with E-state index >= 15 is 0 Å². The molecular formula is C12H11NO. The zero-order valence-electron chi connectivity index (χ0n) is 8.24. The maximum Gasteiger partial charge on any atom is 0.152 e. The number of para-hydroxylation sites is 1. The normalized spacial score (nSPS) is 10.4. The fourth-order valence-electron chi connectivity index (χ4n) is 1.72. The monoisotopic (exact) mass is 185 g/mol. The summed E-state index contributed by atoms with van der Waals surface area (Å²) < 4.78 is 0. The van der Waals surface area contributed by atoms with Crippen LogP contribution < -0.4 is 0 Å². The van der Waals surface area contributed by atoms with Crippen molar-refractivity contribution in [2.75, 3.05) is 0 Å². The molecule has 14 heavy (non-hydrogen) atoms. The number of nitrogens with zero attached hydrogens (tertiary/aromatic N) is 1. The molecule has 0 aliphatic heterocycles. The Labute approximate surface area is 82.6 Å². The minimum atomic E-state index is 0.712. The minimum absolute atomic E-state index is 0.712. The Bertz CT molecular complexity index is 503. The van der Waals surface area contributed by atoms with Crippen molar-refractivity contribution < 1.29 is 4.79 Å². The van der Waals surface area contributed by atoms with Gasteiger partial charge in [-0.25, -0.2) is 0 Å². The van der Waals surface area contributed by atoms with Gasteiger partial charge in [-0.05, 0) is 25.5 Å². The molecule has 1 aromatic heterocycles. The zero-order chi connectivity index (χ0) is 10.1. The van der Waals surface area contributed by atoms with Crippen LogP contribution in [0, 0.1) is 13.8 Å². The zero-order valence-corrected chi connectivity index (χ0v) is 8.24. The molecule has 0 radical (unpaired) electrons. The average Bonchev–Trinajstić information content (AvgIpc) is 2.18. The van der Waals surface area contributed by atoms with Crippen molar-refractivity contribution in [2.24, 2.45) is 0 Å². The van der Waals surface area contributed by atoms with E-state index in [2.05, 4.69) is 4.98 Å². The molecule has 2 nitrogen and oxygen atoms in total. The molecule has 70 valence electrons. The predicted octanol–water partition coefficient (Wildman–Crippen LogP) is 2.66. The minimum Gasteiger partial charge on any atom is -0.298 e. The van der Waals surface area contributed by atoms with Gasteiger partial charge in [0.1, 0.15) is 0 Å². The number of benzene rings is 1. The van der Waals surface area contributed by atoms with E-state index in [0.717, 1.165) is 28.4 Å². The van der Waals surface area contributed by atoms with E-state index in [0.29, 0.717) is 5.56 Å². The molecule has 0 bridgehead atoms. The second kappa shape index (κ2) is 3.22. The maximum absolute atomic E-state index is 10.9. The molecule has 0 unspecified atom stereocenters. The molecule has 0 spiro atoms. The number of hydrogen-bond acceptors (Lipinski definition) is 2. The lowest BCUT2D eigenvalue weighted by Crippen LogP contribution is -1.96. The van der Waals surface area contributed by atoms with Crippen LogP contribution in [0.1, 0.15) is 21.6 Å². The van der Waals surface area contributed by atoms with Crippen LogP contribution in [0.3, 0.4) is 0 Å². The Morgan fingerprint density at radius 1 is 1.21 bits per heavy atom. The van der Waals surface area contributed by atoms with Gasteiger partial charge in [0, 0.05) is 16.6 Å². The summed E-state index contributed by atoms with van der Waals surface area (Å²) in [7, 11) is 0. The molecule has 0 fully saturated rings. The highest BCUT2D eigenvalue weighted by Crippen LogP contribution is 2.20. The molecule has 0 saturated heterocycles. The SMILES string of the molecule is Cc1nc2ccccc2c(C)c1C=O. The first-order valence-corrected chi connectivity index (χ1v) is 4.55. The molecule has 2 aromatic rings. The Hall–Kier alpha value is -1.70. The highest BCUT2D eigenvalue weighted by Gasteiger charge is 2.06. The number of hydrogen-bond donors (Lipinski definition) is 0. The first-order valence-electron chi connectivity index (χ1n) is 4.55. The quantitative estimate of drug-likeness (QED) is 0.639. The molecular weight excluding hydrogens is 174 g/mol. The number of carbonyl (C=O) groups is 1. The van der Waals surface area contributed by atoms with E-state index in [9.17, 15) is 4.79 Å². The number of pyridine rings is 1. The van der Waals surface area contributed by atoms with Gasteiger partial charge in [-0.15, -0.1) is 0 Å². The van der Waals surface area contributed by atoms with Gasteiger partial charge in [-0.3, -0.25) is 9.78 Å². The van der Waals surface area contributed by atoms with Crippen LogP contribution in [-0.4, -0.2) is 11.3 Å². The molecule has 1 aromatic carbocycles. The maximum atomic E-state index is 10.9. The Balaban J connectivity index is 2.92. The lowest BCUT2D eigenvalue weighted by Gasteiger charge is -2.06. The molecule has 0 aliphatic carbocycles. The number of aryl methyl sites for hydroxylation is 2. The van der Waals surface area contributed by atoms with E-state index in [1.54, 1.807) is 0 Å². The van der Waals surface area contributed by atoms with Crippen molar-refractivity contribution in [3.8, 4) is 0 Å². The van der Waals surface area contributed by atoms with Gasteiger partial charge in [0.2, 0.25) is 0 Å². The van der Waals surface area contributed by atoms with Gasteiger partial charge in [-0.2, -0.15) is 0 Å². The van der Waals surface area contributed by atoms with Crippen LogP contribution in [0.25, 0.3) is 10.9 Å². The predicted molar refractivity (Wildman–Crippen MR) is 56.6 cm³/mol. The molecule has 1 heterocycles. The third kappa shape index (κ3) is 1.20. The fraction of sp³-hybridized carbons (Fsp3) is 0.167. The van der Waals surface area contributed by atoms with E-state index in [4.69, 9.17) is 0 Å². The van der Waals surface area contributed by atoms with E-state index in [1.165, 1.54) is 0 Å². The molecule has 0 amide bonds.